The van der Waals surface area contributed by atoms with Crippen molar-refractivity contribution in [1.29, 1.82) is 0 Å². The van der Waals surface area contributed by atoms with E-state index >= 15 is 0 Å². The Morgan fingerprint density at radius 2 is 0.727 bits per heavy atom. The number of rotatable bonds is 4. The summed E-state index contributed by atoms with van der Waals surface area (Å²) >= 11 is 0. The first-order chi connectivity index (χ1) is 10.7. The van der Waals surface area contributed by atoms with Crippen LogP contribution in [0.4, 0.5) is 0 Å². The molecule has 0 atom stereocenters. The Morgan fingerprint density at radius 3 is 0.909 bits per heavy atom. The summed E-state index contributed by atoms with van der Waals surface area (Å²) in [7, 11) is 6.65. The SMILES string of the molecule is COc1cc2c(cc1OC)Cc1cc(OC)c(OC)cc1C2. The molecule has 0 N–H and O–H groups in total. The number of benzene rings is 2. The quantitative estimate of drug-likeness (QED) is 0.741. The smallest absolute Gasteiger partial charge is 0.161 e. The van der Waals surface area contributed by atoms with Crippen LogP contribution in [0.25, 0.3) is 0 Å². The van der Waals surface area contributed by atoms with Crippen LogP contribution in [-0.4, -0.2) is 28.4 Å². The number of ether oxygens (including phenoxy) is 4. The molecule has 0 bridgehead atoms. The van der Waals surface area contributed by atoms with E-state index in [0.717, 1.165) is 35.8 Å². The van der Waals surface area contributed by atoms with Crippen LogP contribution in [0.5, 0.6) is 23.0 Å². The number of fused-ring (bicyclic) bond motifs is 2. The Morgan fingerprint density at radius 1 is 0.500 bits per heavy atom. The Hall–Kier alpha value is -2.36. The average molecular weight is 300 g/mol. The van der Waals surface area contributed by atoms with Crippen LogP contribution in [0.15, 0.2) is 24.3 Å². The van der Waals surface area contributed by atoms with Crippen LogP contribution in [0.1, 0.15) is 22.3 Å². The van der Waals surface area contributed by atoms with Crippen LogP contribution in [0.2, 0.25) is 0 Å². The minimum atomic E-state index is 0.769. The van der Waals surface area contributed by atoms with Crippen LogP contribution in [0.3, 0.4) is 0 Å². The van der Waals surface area contributed by atoms with Gasteiger partial charge in [-0.05, 0) is 59.4 Å². The van der Waals surface area contributed by atoms with E-state index in [-0.39, 0.29) is 0 Å². The second-order valence-electron chi connectivity index (χ2n) is 5.31. The highest BCUT2D eigenvalue weighted by molar-refractivity contribution is 5.57. The third-order valence-corrected chi connectivity index (χ3v) is 4.17. The largest absolute Gasteiger partial charge is 0.493 e. The van der Waals surface area contributed by atoms with E-state index in [2.05, 4.69) is 24.3 Å². The molecule has 0 spiro atoms. The summed E-state index contributed by atoms with van der Waals surface area (Å²) < 4.78 is 21.6. The van der Waals surface area contributed by atoms with Crippen molar-refractivity contribution in [2.24, 2.45) is 0 Å². The minimum Gasteiger partial charge on any atom is -0.493 e. The van der Waals surface area contributed by atoms with Crippen molar-refractivity contribution in [3.05, 3.63) is 46.5 Å². The molecule has 4 nitrogen and oxygen atoms in total. The van der Waals surface area contributed by atoms with Crippen LogP contribution in [0, 0.1) is 0 Å². The Kier molecular flexibility index (Phi) is 3.84. The Bertz CT molecular complexity index is 587. The normalized spacial score (nSPS) is 12.2. The second-order valence-corrected chi connectivity index (χ2v) is 5.31. The molecule has 2 aromatic rings. The summed E-state index contributed by atoms with van der Waals surface area (Å²) in [4.78, 5) is 0. The van der Waals surface area contributed by atoms with Crippen molar-refractivity contribution in [3.8, 4) is 23.0 Å². The highest BCUT2D eigenvalue weighted by atomic mass is 16.5. The highest BCUT2D eigenvalue weighted by Gasteiger charge is 2.21. The zero-order valence-electron chi connectivity index (χ0n) is 13.4. The Balaban J connectivity index is 2.05. The predicted octanol–water partition coefficient (Wildman–Crippen LogP) is 3.22. The van der Waals surface area contributed by atoms with Crippen molar-refractivity contribution in [1.82, 2.24) is 0 Å². The zero-order valence-corrected chi connectivity index (χ0v) is 13.4. The summed E-state index contributed by atoms with van der Waals surface area (Å²) in [5, 5.41) is 0. The summed E-state index contributed by atoms with van der Waals surface area (Å²) in [6.07, 6.45) is 1.71. The van der Waals surface area contributed by atoms with Crippen molar-refractivity contribution in [3.63, 3.8) is 0 Å². The van der Waals surface area contributed by atoms with Gasteiger partial charge in [0.2, 0.25) is 0 Å². The molecule has 0 fully saturated rings. The monoisotopic (exact) mass is 300 g/mol. The maximum absolute atomic E-state index is 5.40. The molecule has 116 valence electrons. The summed E-state index contributed by atoms with van der Waals surface area (Å²) in [6, 6.07) is 8.25. The maximum atomic E-state index is 5.40. The zero-order chi connectivity index (χ0) is 15.7. The summed E-state index contributed by atoms with van der Waals surface area (Å²) in [5.74, 6) is 3.07. The van der Waals surface area contributed by atoms with E-state index < -0.39 is 0 Å². The molecule has 1 aliphatic rings. The van der Waals surface area contributed by atoms with Crippen molar-refractivity contribution in [2.75, 3.05) is 28.4 Å². The van der Waals surface area contributed by atoms with Gasteiger partial charge in [0.05, 0.1) is 28.4 Å². The van der Waals surface area contributed by atoms with Gasteiger partial charge < -0.3 is 18.9 Å². The second kappa shape index (κ2) is 5.79. The molecule has 4 heteroatoms. The standard InChI is InChI=1S/C18H20O4/c1-19-15-7-11-5-13-9-17(21-3)18(22-4)10-14(13)6-12(11)8-16(15)20-2/h7-10H,5-6H2,1-4H3. The molecular formula is C18H20O4. The summed E-state index contributed by atoms with van der Waals surface area (Å²) in [5.41, 5.74) is 5.05. The first-order valence-electron chi connectivity index (χ1n) is 7.17. The molecule has 2 aromatic carbocycles. The van der Waals surface area contributed by atoms with Gasteiger partial charge in [0.25, 0.3) is 0 Å². The lowest BCUT2D eigenvalue weighted by atomic mass is 9.85. The average Bonchev–Trinajstić information content (AvgIpc) is 2.57. The molecule has 1 aliphatic carbocycles. The molecule has 0 heterocycles. The van der Waals surface area contributed by atoms with Gasteiger partial charge in [0.1, 0.15) is 0 Å². The topological polar surface area (TPSA) is 36.9 Å². The highest BCUT2D eigenvalue weighted by Crippen LogP contribution is 2.39. The van der Waals surface area contributed by atoms with Gasteiger partial charge in [0.15, 0.2) is 23.0 Å². The van der Waals surface area contributed by atoms with E-state index in [9.17, 15) is 0 Å². The van der Waals surface area contributed by atoms with E-state index in [1.54, 1.807) is 28.4 Å². The van der Waals surface area contributed by atoms with Crippen LogP contribution < -0.4 is 18.9 Å². The number of hydrogen-bond acceptors (Lipinski definition) is 4. The first kappa shape index (κ1) is 14.6. The van der Waals surface area contributed by atoms with Gasteiger partial charge >= 0.3 is 0 Å². The van der Waals surface area contributed by atoms with Crippen molar-refractivity contribution >= 4 is 0 Å². The van der Waals surface area contributed by atoms with Gasteiger partial charge in [-0.1, -0.05) is 0 Å². The lowest BCUT2D eigenvalue weighted by molar-refractivity contribution is 0.353. The third-order valence-electron chi connectivity index (χ3n) is 4.17. The molecule has 0 saturated heterocycles. The molecule has 22 heavy (non-hydrogen) atoms. The van der Waals surface area contributed by atoms with Crippen molar-refractivity contribution < 1.29 is 18.9 Å². The fourth-order valence-electron chi connectivity index (χ4n) is 2.99. The van der Waals surface area contributed by atoms with Gasteiger partial charge in [0, 0.05) is 0 Å². The summed E-state index contributed by atoms with van der Waals surface area (Å²) in [6.45, 7) is 0. The molecule has 0 unspecified atom stereocenters. The lowest BCUT2D eigenvalue weighted by Crippen LogP contribution is -2.09. The Labute approximate surface area is 130 Å². The molecule has 0 amide bonds. The fourth-order valence-corrected chi connectivity index (χ4v) is 2.99. The third kappa shape index (κ3) is 2.34. The van der Waals surface area contributed by atoms with E-state index in [1.165, 1.54) is 22.3 Å². The van der Waals surface area contributed by atoms with E-state index in [4.69, 9.17) is 18.9 Å². The molecular weight excluding hydrogens is 280 g/mol. The maximum Gasteiger partial charge on any atom is 0.161 e. The van der Waals surface area contributed by atoms with Gasteiger partial charge in [-0.25, -0.2) is 0 Å². The van der Waals surface area contributed by atoms with Crippen molar-refractivity contribution in [2.45, 2.75) is 12.8 Å². The molecule has 0 aliphatic heterocycles. The molecule has 0 saturated carbocycles. The fraction of sp³-hybridized carbons (Fsp3) is 0.333. The van der Waals surface area contributed by atoms with Gasteiger partial charge in [-0.3, -0.25) is 0 Å². The van der Waals surface area contributed by atoms with Crippen LogP contribution >= 0.6 is 0 Å². The van der Waals surface area contributed by atoms with Crippen LogP contribution in [-0.2, 0) is 12.8 Å². The predicted molar refractivity (Wildman–Crippen MR) is 84.7 cm³/mol. The lowest BCUT2D eigenvalue weighted by Gasteiger charge is -2.23. The number of hydrogen-bond donors (Lipinski definition) is 0. The molecule has 0 aromatic heterocycles. The van der Waals surface area contributed by atoms with E-state index in [1.807, 2.05) is 0 Å². The molecule has 3 rings (SSSR count). The first-order valence-corrected chi connectivity index (χ1v) is 7.17. The molecule has 0 radical (unpaired) electrons. The number of methoxy groups -OCH3 is 4. The van der Waals surface area contributed by atoms with Gasteiger partial charge in [-0.15, -0.1) is 0 Å². The van der Waals surface area contributed by atoms with E-state index in [0.29, 0.717) is 0 Å². The minimum absolute atomic E-state index is 0.769. The van der Waals surface area contributed by atoms with Gasteiger partial charge in [-0.2, -0.15) is 0 Å².